The largest absolute Gasteiger partial charge is 0.472 e. The number of carbonyl (C=O) groups is 2. The Morgan fingerprint density at radius 3 is 1.34 bits per heavy atom. The van der Waals surface area contributed by atoms with Crippen molar-refractivity contribution in [1.82, 2.24) is 0 Å². The Morgan fingerprint density at radius 2 is 0.919 bits per heavy atom. The first kappa shape index (κ1) is 58.7. The summed E-state index contributed by atoms with van der Waals surface area (Å²) >= 11 is 0. The van der Waals surface area contributed by atoms with Crippen LogP contribution in [0.15, 0.2) is 109 Å². The van der Waals surface area contributed by atoms with Crippen LogP contribution in [0.25, 0.3) is 0 Å². The first-order chi connectivity index (χ1) is 30.0. The number of likely N-dealkylation sites (N-methyl/N-ethyl adjacent to an activating group) is 1. The standard InChI is InChI=1S/C52H86NO8P/c1-6-8-10-12-14-16-18-20-22-24-26-28-30-32-34-36-38-40-42-44-51(54)58-48-50(49-60-62(56,57)59-47-46-53(3,4)5)61-52(55)45-43-41-39-37-35-33-31-29-27-25-23-21-19-17-15-13-11-9-7-2/h8,10,14-17,20-23,26-29,32-35,50H,6-7,9,11-13,18-19,24-25,30-31,36-49H2,1-5H3/p+1/b10-8-,16-14-,17-15-,22-20-,23-21-,28-26-,29-27-,34-32-,35-33-/t50-/m1/s1. The molecule has 352 valence electrons. The lowest BCUT2D eigenvalue weighted by Gasteiger charge is -2.24. The molecule has 0 aliphatic carbocycles. The number of phosphoric acid groups is 1. The molecule has 0 aromatic heterocycles. The van der Waals surface area contributed by atoms with Gasteiger partial charge in [0.2, 0.25) is 0 Å². The lowest BCUT2D eigenvalue weighted by Crippen LogP contribution is -2.37. The van der Waals surface area contributed by atoms with Crippen molar-refractivity contribution < 1.29 is 42.1 Å². The summed E-state index contributed by atoms with van der Waals surface area (Å²) in [7, 11) is 1.41. The number of hydrogen-bond acceptors (Lipinski definition) is 7. The van der Waals surface area contributed by atoms with Gasteiger partial charge in [0.1, 0.15) is 19.8 Å². The van der Waals surface area contributed by atoms with E-state index in [1.807, 2.05) is 21.1 Å². The Hall–Kier alpha value is -3.33. The van der Waals surface area contributed by atoms with E-state index < -0.39 is 32.5 Å². The van der Waals surface area contributed by atoms with Crippen LogP contribution in [0, 0.1) is 0 Å². The maximum atomic E-state index is 12.7. The van der Waals surface area contributed by atoms with Crippen LogP contribution < -0.4 is 0 Å². The summed E-state index contributed by atoms with van der Waals surface area (Å²) in [5, 5.41) is 0. The van der Waals surface area contributed by atoms with Crippen LogP contribution in [0.4, 0.5) is 0 Å². The highest BCUT2D eigenvalue weighted by atomic mass is 31.2. The van der Waals surface area contributed by atoms with E-state index in [2.05, 4.69) is 123 Å². The van der Waals surface area contributed by atoms with E-state index in [9.17, 15) is 19.0 Å². The minimum atomic E-state index is -4.40. The van der Waals surface area contributed by atoms with Gasteiger partial charge in [-0.2, -0.15) is 0 Å². The van der Waals surface area contributed by atoms with Gasteiger partial charge in [0, 0.05) is 12.8 Å². The number of phosphoric ester groups is 1. The molecule has 0 aliphatic rings. The van der Waals surface area contributed by atoms with Crippen molar-refractivity contribution in [3.63, 3.8) is 0 Å². The molecule has 0 radical (unpaired) electrons. The van der Waals surface area contributed by atoms with Crippen molar-refractivity contribution in [2.24, 2.45) is 0 Å². The predicted molar refractivity (Wildman–Crippen MR) is 261 cm³/mol. The van der Waals surface area contributed by atoms with Crippen molar-refractivity contribution in [3.8, 4) is 0 Å². The van der Waals surface area contributed by atoms with Crippen molar-refractivity contribution in [3.05, 3.63) is 109 Å². The smallest absolute Gasteiger partial charge is 0.462 e. The Labute approximate surface area is 378 Å². The molecule has 0 rings (SSSR count). The molecule has 9 nitrogen and oxygen atoms in total. The Morgan fingerprint density at radius 1 is 0.516 bits per heavy atom. The molecule has 0 aromatic rings. The molecule has 62 heavy (non-hydrogen) atoms. The molecule has 0 aliphatic heterocycles. The zero-order chi connectivity index (χ0) is 45.7. The summed E-state index contributed by atoms with van der Waals surface area (Å²) in [4.78, 5) is 35.5. The topological polar surface area (TPSA) is 108 Å². The van der Waals surface area contributed by atoms with E-state index in [0.29, 0.717) is 23.9 Å². The molecule has 0 amide bonds. The van der Waals surface area contributed by atoms with E-state index in [0.717, 1.165) is 89.9 Å². The van der Waals surface area contributed by atoms with Gasteiger partial charge < -0.3 is 18.9 Å². The minimum absolute atomic E-state index is 0.0128. The first-order valence-corrected chi connectivity index (χ1v) is 25.1. The summed E-state index contributed by atoms with van der Waals surface area (Å²) in [5.74, 6) is -0.884. The average molecular weight is 885 g/mol. The maximum absolute atomic E-state index is 12.7. The number of allylic oxidation sites excluding steroid dienone is 18. The number of unbranched alkanes of at least 4 members (excludes halogenated alkanes) is 9. The average Bonchev–Trinajstić information content (AvgIpc) is 3.23. The third-order valence-corrected chi connectivity index (χ3v) is 10.3. The van der Waals surface area contributed by atoms with E-state index in [-0.39, 0.29) is 26.1 Å². The number of quaternary nitrogens is 1. The molecule has 0 spiro atoms. The first-order valence-electron chi connectivity index (χ1n) is 23.6. The molecule has 1 N–H and O–H groups in total. The van der Waals surface area contributed by atoms with Gasteiger partial charge in [-0.3, -0.25) is 18.6 Å². The van der Waals surface area contributed by atoms with E-state index >= 15 is 0 Å². The second kappa shape index (κ2) is 42.9. The molecule has 2 atom stereocenters. The highest BCUT2D eigenvalue weighted by Gasteiger charge is 2.27. The molecule has 10 heteroatoms. The van der Waals surface area contributed by atoms with Gasteiger partial charge in [-0.15, -0.1) is 0 Å². The summed E-state index contributed by atoms with van der Waals surface area (Å²) in [6.07, 6.45) is 58.5. The Kier molecular flexibility index (Phi) is 40.6. The number of carbonyl (C=O) groups excluding carboxylic acids is 2. The van der Waals surface area contributed by atoms with Gasteiger partial charge >= 0.3 is 19.8 Å². The van der Waals surface area contributed by atoms with Crippen molar-refractivity contribution in [2.75, 3.05) is 47.5 Å². The van der Waals surface area contributed by atoms with E-state index in [4.69, 9.17) is 18.5 Å². The SMILES string of the molecule is CC/C=C\C/C=C\C/C=C\C/C=C\C/C=C\CCCCCC(=O)OC[C@H](COP(=O)(O)OCC[N+](C)(C)C)OC(=O)CCCCC/C=C\C/C=C\C/C=C\C/C=C\CCCCC. The highest BCUT2D eigenvalue weighted by molar-refractivity contribution is 7.47. The minimum Gasteiger partial charge on any atom is -0.462 e. The van der Waals surface area contributed by atoms with Crippen LogP contribution in [0.3, 0.4) is 0 Å². The molecular formula is C52H87NO8P+. The van der Waals surface area contributed by atoms with Gasteiger partial charge in [-0.05, 0) is 103 Å². The van der Waals surface area contributed by atoms with Gasteiger partial charge in [0.15, 0.2) is 6.10 Å². The molecule has 1 unspecified atom stereocenters. The van der Waals surface area contributed by atoms with E-state index in [1.165, 1.54) is 25.7 Å². The molecule has 0 saturated carbocycles. The van der Waals surface area contributed by atoms with Crippen molar-refractivity contribution >= 4 is 19.8 Å². The second-order valence-corrected chi connectivity index (χ2v) is 17.9. The molecule has 0 fully saturated rings. The molecule has 0 saturated heterocycles. The monoisotopic (exact) mass is 885 g/mol. The highest BCUT2D eigenvalue weighted by Crippen LogP contribution is 2.43. The third kappa shape index (κ3) is 46.2. The number of ether oxygens (including phenoxy) is 2. The summed E-state index contributed by atoms with van der Waals surface area (Å²) < 4.78 is 34.3. The lowest BCUT2D eigenvalue weighted by molar-refractivity contribution is -0.870. The van der Waals surface area contributed by atoms with Gasteiger partial charge in [0.25, 0.3) is 0 Å². The number of nitrogens with zero attached hydrogens (tertiary/aromatic N) is 1. The van der Waals surface area contributed by atoms with Crippen LogP contribution in [-0.2, 0) is 32.7 Å². The second-order valence-electron chi connectivity index (χ2n) is 16.4. The molecular weight excluding hydrogens is 798 g/mol. The zero-order valence-electron chi connectivity index (χ0n) is 39.6. The Bertz CT molecular complexity index is 1420. The maximum Gasteiger partial charge on any atom is 0.472 e. The summed E-state index contributed by atoms with van der Waals surface area (Å²) in [6, 6.07) is 0. The van der Waals surface area contributed by atoms with Crippen LogP contribution >= 0.6 is 7.82 Å². The normalized spacial score (nSPS) is 14.5. The Balaban J connectivity index is 4.48. The lowest BCUT2D eigenvalue weighted by atomic mass is 10.1. The fourth-order valence-electron chi connectivity index (χ4n) is 5.61. The number of hydrogen-bond donors (Lipinski definition) is 1. The zero-order valence-corrected chi connectivity index (χ0v) is 40.4. The number of esters is 2. The van der Waals surface area contributed by atoms with Crippen LogP contribution in [0.2, 0.25) is 0 Å². The third-order valence-electron chi connectivity index (χ3n) is 9.29. The molecule has 0 aromatic carbocycles. The summed E-state index contributed by atoms with van der Waals surface area (Å²) in [5.41, 5.74) is 0. The quantitative estimate of drug-likeness (QED) is 0.0213. The van der Waals surface area contributed by atoms with Crippen LogP contribution in [0.5, 0.6) is 0 Å². The summed E-state index contributed by atoms with van der Waals surface area (Å²) in [6.45, 7) is 4.18. The molecule has 0 heterocycles. The molecule has 0 bridgehead atoms. The van der Waals surface area contributed by atoms with Gasteiger partial charge in [0.05, 0.1) is 27.7 Å². The van der Waals surface area contributed by atoms with Crippen LogP contribution in [0.1, 0.15) is 155 Å². The fourth-order valence-corrected chi connectivity index (χ4v) is 6.35. The fraction of sp³-hybridized carbons (Fsp3) is 0.615. The van der Waals surface area contributed by atoms with Gasteiger partial charge in [-0.1, -0.05) is 149 Å². The van der Waals surface area contributed by atoms with Crippen molar-refractivity contribution in [2.45, 2.75) is 161 Å². The van der Waals surface area contributed by atoms with E-state index in [1.54, 1.807) is 0 Å². The predicted octanol–water partition coefficient (Wildman–Crippen LogP) is 13.9. The van der Waals surface area contributed by atoms with Gasteiger partial charge in [-0.25, -0.2) is 4.57 Å². The van der Waals surface area contributed by atoms with Crippen molar-refractivity contribution in [1.29, 1.82) is 0 Å². The number of rotatable bonds is 41. The van der Waals surface area contributed by atoms with Crippen LogP contribution in [-0.4, -0.2) is 74.9 Å².